The van der Waals surface area contributed by atoms with E-state index in [0.29, 0.717) is 24.6 Å². The van der Waals surface area contributed by atoms with E-state index in [1.807, 2.05) is 30.3 Å². The number of hydrogen-bond donors (Lipinski definition) is 1. The van der Waals surface area contributed by atoms with Gasteiger partial charge in [-0.3, -0.25) is 9.69 Å². The van der Waals surface area contributed by atoms with Gasteiger partial charge in [0.25, 0.3) is 0 Å². The average molecular weight is 358 g/mol. The Morgan fingerprint density at radius 1 is 1.00 bits per heavy atom. The summed E-state index contributed by atoms with van der Waals surface area (Å²) in [5.74, 6) is 0.497. The Morgan fingerprint density at radius 3 is 2.35 bits per heavy atom. The third-order valence-corrected chi connectivity index (χ3v) is 3.46. The molecular weight excluding hydrogens is 336 g/mol. The van der Waals surface area contributed by atoms with Gasteiger partial charge in [-0.2, -0.15) is 0 Å². The Balaban J connectivity index is 1.68. The Kier molecular flexibility index (Phi) is 7.45. The minimum absolute atomic E-state index is 0.0675. The molecule has 138 valence electrons. The second kappa shape index (κ2) is 10.0. The number of carbonyl (C=O) groups excluding carboxylic acids is 2. The SMILES string of the molecule is COC(=O)N(C)c1ccc(NC(=O)COCCOc2ccccc2)cc1. The van der Waals surface area contributed by atoms with E-state index in [1.165, 1.54) is 12.0 Å². The van der Waals surface area contributed by atoms with Gasteiger partial charge in [-0.05, 0) is 36.4 Å². The number of hydrogen-bond acceptors (Lipinski definition) is 5. The summed E-state index contributed by atoms with van der Waals surface area (Å²) in [6, 6.07) is 16.2. The molecule has 0 aliphatic carbocycles. The van der Waals surface area contributed by atoms with Gasteiger partial charge in [-0.25, -0.2) is 4.79 Å². The van der Waals surface area contributed by atoms with Crippen LogP contribution in [0.15, 0.2) is 54.6 Å². The van der Waals surface area contributed by atoms with Gasteiger partial charge in [-0.15, -0.1) is 0 Å². The highest BCUT2D eigenvalue weighted by Crippen LogP contribution is 2.17. The van der Waals surface area contributed by atoms with Gasteiger partial charge in [0.05, 0.1) is 13.7 Å². The molecule has 2 amide bonds. The van der Waals surface area contributed by atoms with Crippen LogP contribution in [0.25, 0.3) is 0 Å². The van der Waals surface area contributed by atoms with Crippen LogP contribution in [0, 0.1) is 0 Å². The number of anilines is 2. The zero-order valence-electron chi connectivity index (χ0n) is 14.8. The average Bonchev–Trinajstić information content (AvgIpc) is 2.68. The van der Waals surface area contributed by atoms with Gasteiger partial charge < -0.3 is 19.5 Å². The van der Waals surface area contributed by atoms with E-state index in [-0.39, 0.29) is 12.5 Å². The lowest BCUT2D eigenvalue weighted by Gasteiger charge is -2.16. The maximum atomic E-state index is 11.9. The van der Waals surface area contributed by atoms with Crippen LogP contribution in [0.3, 0.4) is 0 Å². The van der Waals surface area contributed by atoms with E-state index in [2.05, 4.69) is 10.1 Å². The Morgan fingerprint density at radius 2 is 1.69 bits per heavy atom. The standard InChI is InChI=1S/C19H22N2O5/c1-21(19(23)24-2)16-10-8-15(9-11-16)20-18(22)14-25-12-13-26-17-6-4-3-5-7-17/h3-11H,12-14H2,1-2H3,(H,20,22). The van der Waals surface area contributed by atoms with E-state index < -0.39 is 6.09 Å². The third-order valence-electron chi connectivity index (χ3n) is 3.46. The number of nitrogens with one attached hydrogen (secondary N) is 1. The summed E-state index contributed by atoms with van der Waals surface area (Å²) in [5, 5.41) is 2.72. The summed E-state index contributed by atoms with van der Waals surface area (Å²) >= 11 is 0. The van der Waals surface area contributed by atoms with Crippen molar-refractivity contribution in [1.29, 1.82) is 0 Å². The van der Waals surface area contributed by atoms with Crippen LogP contribution in [-0.4, -0.2) is 46.0 Å². The van der Waals surface area contributed by atoms with Gasteiger partial charge in [0, 0.05) is 18.4 Å². The fourth-order valence-corrected chi connectivity index (χ4v) is 2.11. The largest absolute Gasteiger partial charge is 0.491 e. The minimum Gasteiger partial charge on any atom is -0.491 e. The first kappa shape index (κ1) is 19.3. The fraction of sp³-hybridized carbons (Fsp3) is 0.263. The molecular formula is C19H22N2O5. The first-order chi connectivity index (χ1) is 12.6. The molecule has 26 heavy (non-hydrogen) atoms. The number of ether oxygens (including phenoxy) is 3. The third kappa shape index (κ3) is 6.10. The molecule has 1 N–H and O–H groups in total. The van der Waals surface area contributed by atoms with E-state index in [9.17, 15) is 9.59 Å². The minimum atomic E-state index is -0.465. The molecule has 7 heteroatoms. The van der Waals surface area contributed by atoms with Crippen molar-refractivity contribution >= 4 is 23.4 Å². The summed E-state index contributed by atoms with van der Waals surface area (Å²) in [6.07, 6.45) is -0.465. The molecule has 0 fully saturated rings. The molecule has 0 unspecified atom stereocenters. The number of nitrogens with zero attached hydrogens (tertiary/aromatic N) is 1. The maximum absolute atomic E-state index is 11.9. The van der Waals surface area contributed by atoms with Gasteiger partial charge in [0.1, 0.15) is 19.0 Å². The van der Waals surface area contributed by atoms with Crippen molar-refractivity contribution in [1.82, 2.24) is 0 Å². The van der Waals surface area contributed by atoms with Crippen molar-refractivity contribution in [3.05, 3.63) is 54.6 Å². The van der Waals surface area contributed by atoms with Crippen LogP contribution in [0.4, 0.5) is 16.2 Å². The van der Waals surface area contributed by atoms with Crippen LogP contribution in [0.1, 0.15) is 0 Å². The maximum Gasteiger partial charge on any atom is 0.413 e. The lowest BCUT2D eigenvalue weighted by Crippen LogP contribution is -2.25. The van der Waals surface area contributed by atoms with Crippen molar-refractivity contribution in [2.75, 3.05) is 44.2 Å². The Hall–Kier alpha value is -3.06. The zero-order valence-corrected chi connectivity index (χ0v) is 14.8. The molecule has 2 rings (SSSR count). The molecule has 0 spiro atoms. The molecule has 0 aliphatic heterocycles. The second-order valence-corrected chi connectivity index (χ2v) is 5.34. The van der Waals surface area contributed by atoms with Crippen LogP contribution in [0.5, 0.6) is 5.75 Å². The monoisotopic (exact) mass is 358 g/mol. The van der Waals surface area contributed by atoms with Gasteiger partial charge in [0.2, 0.25) is 5.91 Å². The normalized spacial score (nSPS) is 10.1. The molecule has 0 saturated carbocycles. The quantitative estimate of drug-likeness (QED) is 0.734. The van der Waals surface area contributed by atoms with Crippen molar-refractivity contribution in [2.45, 2.75) is 0 Å². The molecule has 0 aliphatic rings. The predicted octanol–water partition coefficient (Wildman–Crippen LogP) is 2.92. The predicted molar refractivity (Wildman–Crippen MR) is 98.6 cm³/mol. The molecule has 0 saturated heterocycles. The molecule has 7 nitrogen and oxygen atoms in total. The molecule has 0 aromatic heterocycles. The summed E-state index contributed by atoms with van der Waals surface area (Å²) in [6.45, 7) is 0.610. The lowest BCUT2D eigenvalue weighted by atomic mass is 10.2. The van der Waals surface area contributed by atoms with Crippen molar-refractivity contribution in [3.8, 4) is 5.75 Å². The summed E-state index contributed by atoms with van der Waals surface area (Å²) in [7, 11) is 2.92. The first-order valence-corrected chi connectivity index (χ1v) is 8.07. The smallest absolute Gasteiger partial charge is 0.413 e. The van der Waals surface area contributed by atoms with Crippen LogP contribution in [0.2, 0.25) is 0 Å². The molecule has 0 atom stereocenters. The highest BCUT2D eigenvalue weighted by molar-refractivity contribution is 5.92. The number of methoxy groups -OCH3 is 1. The molecule has 0 bridgehead atoms. The first-order valence-electron chi connectivity index (χ1n) is 8.07. The summed E-state index contributed by atoms with van der Waals surface area (Å²) < 4.78 is 15.4. The molecule has 0 radical (unpaired) electrons. The molecule has 2 aromatic rings. The highest BCUT2D eigenvalue weighted by atomic mass is 16.5. The van der Waals surface area contributed by atoms with E-state index >= 15 is 0 Å². The van der Waals surface area contributed by atoms with Crippen molar-refractivity contribution in [2.24, 2.45) is 0 Å². The Labute approximate surface area is 152 Å². The van der Waals surface area contributed by atoms with Crippen LogP contribution >= 0.6 is 0 Å². The van der Waals surface area contributed by atoms with E-state index in [0.717, 1.165) is 5.75 Å². The number of carbonyl (C=O) groups is 2. The summed E-state index contributed by atoms with van der Waals surface area (Å²) in [5.41, 5.74) is 1.27. The highest BCUT2D eigenvalue weighted by Gasteiger charge is 2.10. The van der Waals surface area contributed by atoms with Crippen LogP contribution < -0.4 is 15.0 Å². The van der Waals surface area contributed by atoms with Crippen molar-refractivity contribution in [3.63, 3.8) is 0 Å². The fourth-order valence-electron chi connectivity index (χ4n) is 2.11. The number of para-hydroxylation sites is 1. The van der Waals surface area contributed by atoms with Gasteiger partial charge in [0.15, 0.2) is 0 Å². The Bertz CT molecular complexity index is 704. The zero-order chi connectivity index (χ0) is 18.8. The van der Waals surface area contributed by atoms with Gasteiger partial charge in [-0.1, -0.05) is 18.2 Å². The van der Waals surface area contributed by atoms with Gasteiger partial charge >= 0.3 is 6.09 Å². The number of amides is 2. The van der Waals surface area contributed by atoms with E-state index in [1.54, 1.807) is 31.3 Å². The van der Waals surface area contributed by atoms with Crippen LogP contribution in [-0.2, 0) is 14.3 Å². The molecule has 2 aromatic carbocycles. The summed E-state index contributed by atoms with van der Waals surface area (Å²) in [4.78, 5) is 24.7. The number of rotatable bonds is 8. The lowest BCUT2D eigenvalue weighted by molar-refractivity contribution is -0.120. The number of benzene rings is 2. The molecule has 0 heterocycles. The topological polar surface area (TPSA) is 77.1 Å². The second-order valence-electron chi connectivity index (χ2n) is 5.34. The van der Waals surface area contributed by atoms with E-state index in [4.69, 9.17) is 9.47 Å². The van der Waals surface area contributed by atoms with Crippen molar-refractivity contribution < 1.29 is 23.8 Å².